The number of hydrazine groups is 1. The van der Waals surface area contributed by atoms with E-state index in [-0.39, 0.29) is 5.91 Å². The van der Waals surface area contributed by atoms with Crippen LogP contribution in [0.3, 0.4) is 0 Å². The molecule has 0 bridgehead atoms. The van der Waals surface area contributed by atoms with Crippen molar-refractivity contribution in [3.63, 3.8) is 0 Å². The summed E-state index contributed by atoms with van der Waals surface area (Å²) in [5.41, 5.74) is 6.65. The first-order valence-corrected chi connectivity index (χ1v) is 7.65. The second-order valence-corrected chi connectivity index (χ2v) is 5.72. The van der Waals surface area contributed by atoms with Crippen molar-refractivity contribution >= 4 is 45.9 Å². The van der Waals surface area contributed by atoms with E-state index < -0.39 is 0 Å². The van der Waals surface area contributed by atoms with Crippen molar-refractivity contribution < 1.29 is 4.79 Å². The molecule has 2 aromatic heterocycles. The lowest BCUT2D eigenvalue weighted by Crippen LogP contribution is -2.45. The zero-order chi connectivity index (χ0) is 13.7. The molecule has 8 heteroatoms. The van der Waals surface area contributed by atoms with Crippen LogP contribution >= 0.6 is 34.9 Å². The third kappa shape index (κ3) is 3.98. The summed E-state index contributed by atoms with van der Waals surface area (Å²) in [6, 6.07) is 2.05. The monoisotopic (exact) mass is 312 g/mol. The van der Waals surface area contributed by atoms with Crippen LogP contribution in [0.15, 0.2) is 22.2 Å². The number of carbonyl (C=O) groups excluding carboxylic acids is 1. The molecule has 19 heavy (non-hydrogen) atoms. The molecule has 3 N–H and O–H groups in total. The van der Waals surface area contributed by atoms with Gasteiger partial charge in [0, 0.05) is 18.8 Å². The second kappa shape index (κ2) is 6.60. The van der Waals surface area contributed by atoms with Gasteiger partial charge in [-0.05, 0) is 34.6 Å². The Kier molecular flexibility index (Phi) is 4.83. The highest BCUT2D eigenvalue weighted by molar-refractivity contribution is 7.80. The molecule has 2 aromatic rings. The molecular weight excluding hydrogens is 300 g/mol. The van der Waals surface area contributed by atoms with Gasteiger partial charge in [-0.15, -0.1) is 11.3 Å². The largest absolute Gasteiger partial charge is 0.364 e. The first kappa shape index (κ1) is 13.9. The van der Waals surface area contributed by atoms with E-state index in [1.54, 1.807) is 23.8 Å². The van der Waals surface area contributed by atoms with Gasteiger partial charge in [-0.1, -0.05) is 0 Å². The average molecular weight is 312 g/mol. The molecule has 0 atom stereocenters. The number of thiazole rings is 1. The number of hydrogen-bond acceptors (Lipinski definition) is 5. The van der Waals surface area contributed by atoms with Crippen LogP contribution in [-0.2, 0) is 6.42 Å². The topological polar surface area (TPSA) is 66.0 Å². The highest BCUT2D eigenvalue weighted by Crippen LogP contribution is 2.16. The normalized spacial score (nSPS) is 9.95. The molecule has 0 aliphatic rings. The molecule has 0 saturated carbocycles. The molecule has 0 fully saturated rings. The van der Waals surface area contributed by atoms with Crippen LogP contribution in [0.2, 0.25) is 0 Å². The molecule has 0 aliphatic carbocycles. The van der Waals surface area contributed by atoms with Crippen LogP contribution in [0.4, 0.5) is 0 Å². The fourth-order valence-electron chi connectivity index (χ4n) is 1.30. The molecule has 0 unspecified atom stereocenters. The highest BCUT2D eigenvalue weighted by atomic mass is 32.1. The first-order valence-electron chi connectivity index (χ1n) is 5.42. The molecule has 0 radical (unpaired) electrons. The van der Waals surface area contributed by atoms with Crippen LogP contribution < -0.4 is 16.2 Å². The predicted octanol–water partition coefficient (Wildman–Crippen LogP) is 1.53. The van der Waals surface area contributed by atoms with E-state index in [0.717, 1.165) is 11.4 Å². The molecular formula is C11H12N4OS3. The number of hydrogen-bond donors (Lipinski definition) is 3. The van der Waals surface area contributed by atoms with Crippen LogP contribution in [0.1, 0.15) is 21.1 Å². The fraction of sp³-hybridized carbons (Fsp3) is 0.182. The van der Waals surface area contributed by atoms with Gasteiger partial charge in [0.1, 0.15) is 5.69 Å². The third-order valence-corrected chi connectivity index (χ3v) is 4.12. The maximum absolute atomic E-state index is 11.8. The van der Waals surface area contributed by atoms with Gasteiger partial charge in [-0.2, -0.15) is 11.3 Å². The van der Waals surface area contributed by atoms with Crippen LogP contribution in [0.5, 0.6) is 0 Å². The summed E-state index contributed by atoms with van der Waals surface area (Å²) in [7, 11) is 1.67. The van der Waals surface area contributed by atoms with Gasteiger partial charge in [-0.25, -0.2) is 4.98 Å². The average Bonchev–Trinajstić information content (AvgIpc) is 3.07. The van der Waals surface area contributed by atoms with Crippen molar-refractivity contribution in [1.82, 2.24) is 21.2 Å². The highest BCUT2D eigenvalue weighted by Gasteiger charge is 2.11. The Morgan fingerprint density at radius 3 is 2.95 bits per heavy atom. The van der Waals surface area contributed by atoms with Crippen LogP contribution in [0, 0.1) is 0 Å². The van der Waals surface area contributed by atoms with Gasteiger partial charge < -0.3 is 5.32 Å². The van der Waals surface area contributed by atoms with Gasteiger partial charge >= 0.3 is 0 Å². The van der Waals surface area contributed by atoms with E-state index in [2.05, 4.69) is 32.6 Å². The summed E-state index contributed by atoms with van der Waals surface area (Å²) < 4.78 is 0. The van der Waals surface area contributed by atoms with Gasteiger partial charge in [0.15, 0.2) is 5.11 Å². The number of thiocarbonyl (C=S) groups is 1. The standard InChI is InChI=1S/C11H12N4OS3/c1-12-11(17)15-14-10(16)8-6-19-9(13-8)4-7-2-3-18-5-7/h2-3,5-6H,4H2,1H3,(H,14,16)(H2,12,15,17). The molecule has 1 amide bonds. The molecule has 5 nitrogen and oxygen atoms in total. The minimum absolute atomic E-state index is 0.301. The Morgan fingerprint density at radius 1 is 1.42 bits per heavy atom. The number of nitrogens with one attached hydrogen (secondary N) is 3. The predicted molar refractivity (Wildman–Crippen MR) is 81.5 cm³/mol. The van der Waals surface area contributed by atoms with E-state index in [1.807, 2.05) is 5.38 Å². The molecule has 0 saturated heterocycles. The first-order chi connectivity index (χ1) is 9.19. The molecule has 100 valence electrons. The number of nitrogens with zero attached hydrogens (tertiary/aromatic N) is 1. The molecule has 0 spiro atoms. The number of rotatable bonds is 3. The van der Waals surface area contributed by atoms with Crippen molar-refractivity contribution in [3.8, 4) is 0 Å². The van der Waals surface area contributed by atoms with Crippen LogP contribution in [-0.4, -0.2) is 23.1 Å². The van der Waals surface area contributed by atoms with Crippen molar-refractivity contribution in [1.29, 1.82) is 0 Å². The number of aromatic nitrogens is 1. The lowest BCUT2D eigenvalue weighted by Gasteiger charge is -2.06. The zero-order valence-electron chi connectivity index (χ0n) is 10.1. The van der Waals surface area contributed by atoms with Gasteiger partial charge in [0.25, 0.3) is 5.91 Å². The van der Waals surface area contributed by atoms with Gasteiger partial charge in [0.2, 0.25) is 0 Å². The maximum Gasteiger partial charge on any atom is 0.289 e. The molecule has 0 aromatic carbocycles. The summed E-state index contributed by atoms with van der Waals surface area (Å²) in [6.45, 7) is 0. The van der Waals surface area contributed by atoms with E-state index in [9.17, 15) is 4.79 Å². The SMILES string of the molecule is CNC(=S)NNC(=O)c1csc(Cc2ccsc2)n1. The van der Waals surface area contributed by atoms with Crippen molar-refractivity contribution in [2.45, 2.75) is 6.42 Å². The summed E-state index contributed by atoms with van der Waals surface area (Å²) in [4.78, 5) is 16.1. The van der Waals surface area contributed by atoms with E-state index >= 15 is 0 Å². The Hall–Kier alpha value is -1.51. The minimum atomic E-state index is -0.301. The summed E-state index contributed by atoms with van der Waals surface area (Å²) in [6.07, 6.45) is 0.754. The molecule has 2 heterocycles. The number of carbonyl (C=O) groups is 1. The Morgan fingerprint density at radius 2 is 2.26 bits per heavy atom. The van der Waals surface area contributed by atoms with Crippen molar-refractivity contribution in [2.75, 3.05) is 7.05 Å². The zero-order valence-corrected chi connectivity index (χ0v) is 12.5. The van der Waals surface area contributed by atoms with E-state index in [0.29, 0.717) is 10.8 Å². The summed E-state index contributed by atoms with van der Waals surface area (Å²) in [5, 5.41) is 9.80. The molecule has 0 aliphatic heterocycles. The minimum Gasteiger partial charge on any atom is -0.364 e. The van der Waals surface area contributed by atoms with Gasteiger partial charge in [0.05, 0.1) is 5.01 Å². The van der Waals surface area contributed by atoms with E-state index in [1.165, 1.54) is 16.9 Å². The fourth-order valence-corrected chi connectivity index (χ4v) is 2.83. The number of thiophene rings is 1. The third-order valence-electron chi connectivity index (χ3n) is 2.24. The lowest BCUT2D eigenvalue weighted by atomic mass is 10.2. The van der Waals surface area contributed by atoms with Gasteiger partial charge in [-0.3, -0.25) is 15.6 Å². The second-order valence-electron chi connectivity index (χ2n) is 3.59. The Labute approximate surface area is 124 Å². The summed E-state index contributed by atoms with van der Waals surface area (Å²) >= 11 is 7.98. The quantitative estimate of drug-likeness (QED) is 0.592. The van der Waals surface area contributed by atoms with E-state index in [4.69, 9.17) is 12.2 Å². The lowest BCUT2D eigenvalue weighted by molar-refractivity contribution is 0.0939. The summed E-state index contributed by atoms with van der Waals surface area (Å²) in [5.74, 6) is -0.301. The number of amides is 1. The molecule has 2 rings (SSSR count). The van der Waals surface area contributed by atoms with Crippen LogP contribution in [0.25, 0.3) is 0 Å². The maximum atomic E-state index is 11.8. The van der Waals surface area contributed by atoms with Crippen molar-refractivity contribution in [2.24, 2.45) is 0 Å². The Balaban J connectivity index is 1.93. The Bertz CT molecular complexity index is 564. The smallest absolute Gasteiger partial charge is 0.289 e. The van der Waals surface area contributed by atoms with Crippen molar-refractivity contribution in [3.05, 3.63) is 38.5 Å².